The van der Waals surface area contributed by atoms with E-state index in [0.717, 1.165) is 0 Å². The van der Waals surface area contributed by atoms with Crippen molar-refractivity contribution in [3.63, 3.8) is 0 Å². The summed E-state index contributed by atoms with van der Waals surface area (Å²) in [6, 6.07) is 4.83. The van der Waals surface area contributed by atoms with Gasteiger partial charge in [-0.15, -0.1) is 0 Å². The van der Waals surface area contributed by atoms with Crippen LogP contribution in [0.3, 0.4) is 0 Å². The molecule has 3 atom stereocenters. The minimum Gasteiger partial charge on any atom is -0.442 e. The van der Waals surface area contributed by atoms with Gasteiger partial charge in [0, 0.05) is 27.1 Å². The maximum absolute atomic E-state index is 14.8. The summed E-state index contributed by atoms with van der Waals surface area (Å²) in [5, 5.41) is 2.61. The number of benzene rings is 1. The Balaban J connectivity index is 1.38. The van der Waals surface area contributed by atoms with Crippen molar-refractivity contribution in [3.05, 3.63) is 24.0 Å². The number of carbonyl (C=O) groups is 3. The molecule has 3 heterocycles. The molecule has 0 spiro atoms. The molecule has 0 radical (unpaired) electrons. The minimum absolute atomic E-state index is 0.0423. The Kier molecular flexibility index (Phi) is 5.03. The van der Waals surface area contributed by atoms with Gasteiger partial charge in [0.15, 0.2) is 0 Å². The fourth-order valence-corrected chi connectivity index (χ4v) is 4.06. The molecule has 10 heteroatoms. The zero-order valence-electron chi connectivity index (χ0n) is 16.3. The molecule has 3 fully saturated rings. The molecule has 3 aliphatic heterocycles. The van der Waals surface area contributed by atoms with E-state index in [1.165, 1.54) is 25.0 Å². The summed E-state index contributed by atoms with van der Waals surface area (Å²) in [5.41, 5.74) is 0.852. The molecule has 0 bridgehead atoms. The van der Waals surface area contributed by atoms with Gasteiger partial charge in [-0.1, -0.05) is 0 Å². The highest BCUT2D eigenvalue weighted by molar-refractivity contribution is 5.90. The predicted molar refractivity (Wildman–Crippen MR) is 101 cm³/mol. The molecule has 4 rings (SSSR count). The number of carbonyl (C=O) groups excluding carboxylic acids is 3. The Bertz CT molecular complexity index is 838. The highest BCUT2D eigenvalue weighted by atomic mass is 19.1. The van der Waals surface area contributed by atoms with Crippen LogP contribution in [0.5, 0.6) is 0 Å². The lowest BCUT2D eigenvalue weighted by Crippen LogP contribution is -2.34. The molecule has 0 aromatic heterocycles. The Hall–Kier alpha value is -2.88. The number of anilines is 2. The van der Waals surface area contributed by atoms with Crippen LogP contribution in [0, 0.1) is 5.82 Å². The van der Waals surface area contributed by atoms with Crippen LogP contribution in [0.4, 0.5) is 20.6 Å². The van der Waals surface area contributed by atoms with Crippen molar-refractivity contribution in [2.75, 3.05) is 49.7 Å². The molecule has 1 aromatic carbocycles. The Morgan fingerprint density at radius 2 is 2.00 bits per heavy atom. The van der Waals surface area contributed by atoms with Gasteiger partial charge in [-0.25, -0.2) is 9.18 Å². The molecular weight excluding hydrogens is 383 g/mol. The average Bonchev–Trinajstić information content (AvgIpc) is 2.99. The molecule has 156 valence electrons. The largest absolute Gasteiger partial charge is 0.442 e. The van der Waals surface area contributed by atoms with E-state index in [2.05, 4.69) is 5.32 Å². The highest BCUT2D eigenvalue weighted by Crippen LogP contribution is 2.39. The van der Waals surface area contributed by atoms with E-state index in [1.807, 2.05) is 4.90 Å². The standard InChI is InChI=1S/C19H23FN4O5/c1-11(25)21-6-13-7-23(19(27)29-13)12-3-4-15(14(20)5-12)22-8-16-17(9-22)24(16)18(26)10-28-2/h3-5,13,16-17H,6-10H2,1-2H3,(H,21,25)/t13?,16-,17?,24?/m0/s1. The number of amides is 3. The normalized spacial score (nSPS) is 25.1. The summed E-state index contributed by atoms with van der Waals surface area (Å²) in [4.78, 5) is 40.0. The van der Waals surface area contributed by atoms with Gasteiger partial charge >= 0.3 is 6.09 Å². The number of cyclic esters (lactones) is 1. The Morgan fingerprint density at radius 3 is 2.62 bits per heavy atom. The van der Waals surface area contributed by atoms with E-state index in [-0.39, 0.29) is 43.6 Å². The van der Waals surface area contributed by atoms with E-state index >= 15 is 0 Å². The summed E-state index contributed by atoms with van der Waals surface area (Å²) >= 11 is 0. The predicted octanol–water partition coefficient (Wildman–Crippen LogP) is 0.333. The summed E-state index contributed by atoms with van der Waals surface area (Å²) in [6.07, 6.45) is -1.04. The maximum Gasteiger partial charge on any atom is 0.414 e. The molecule has 9 nitrogen and oxygen atoms in total. The molecule has 0 saturated carbocycles. The molecule has 29 heavy (non-hydrogen) atoms. The monoisotopic (exact) mass is 406 g/mol. The third-order valence-electron chi connectivity index (χ3n) is 5.48. The molecule has 3 amide bonds. The van der Waals surface area contributed by atoms with E-state index in [4.69, 9.17) is 9.47 Å². The number of hydrogen-bond acceptors (Lipinski definition) is 6. The van der Waals surface area contributed by atoms with E-state index in [0.29, 0.717) is 24.5 Å². The lowest BCUT2D eigenvalue weighted by molar-refractivity contribution is -0.130. The Labute approximate surface area is 167 Å². The van der Waals surface area contributed by atoms with Crippen LogP contribution >= 0.6 is 0 Å². The van der Waals surface area contributed by atoms with Crippen molar-refractivity contribution >= 4 is 29.3 Å². The number of ether oxygens (including phenoxy) is 2. The van der Waals surface area contributed by atoms with Crippen LogP contribution in [0.25, 0.3) is 0 Å². The molecule has 0 aliphatic carbocycles. The highest BCUT2D eigenvalue weighted by Gasteiger charge is 2.56. The smallest absolute Gasteiger partial charge is 0.414 e. The molecule has 2 unspecified atom stereocenters. The number of piperazine rings is 1. The van der Waals surface area contributed by atoms with Crippen LogP contribution in [-0.2, 0) is 19.1 Å². The first-order chi connectivity index (χ1) is 13.9. The number of fused-ring (bicyclic) bond motifs is 1. The van der Waals surface area contributed by atoms with Gasteiger partial charge < -0.3 is 24.6 Å². The number of hydrogen-bond donors (Lipinski definition) is 1. The first-order valence-corrected chi connectivity index (χ1v) is 9.46. The SMILES string of the molecule is COCC(=O)N1C2CN(c3ccc(N4CC(CNC(C)=O)OC4=O)cc3F)C[C@@H]21. The van der Waals surface area contributed by atoms with Gasteiger partial charge in [0.1, 0.15) is 18.5 Å². The van der Waals surface area contributed by atoms with Crippen molar-refractivity contribution in [2.24, 2.45) is 0 Å². The third-order valence-corrected chi connectivity index (χ3v) is 5.48. The number of halogens is 1. The average molecular weight is 406 g/mol. The van der Waals surface area contributed by atoms with Crippen molar-refractivity contribution < 1.29 is 28.2 Å². The summed E-state index contributed by atoms with van der Waals surface area (Å²) in [6.45, 7) is 3.04. The third kappa shape index (κ3) is 3.71. The van der Waals surface area contributed by atoms with Crippen LogP contribution < -0.4 is 15.1 Å². The van der Waals surface area contributed by atoms with E-state index < -0.39 is 18.0 Å². The molecule has 3 saturated heterocycles. The van der Waals surface area contributed by atoms with Crippen molar-refractivity contribution in [2.45, 2.75) is 25.1 Å². The lowest BCUT2D eigenvalue weighted by Gasteiger charge is -2.24. The minimum atomic E-state index is -0.567. The summed E-state index contributed by atoms with van der Waals surface area (Å²) in [5.74, 6) is -0.683. The van der Waals surface area contributed by atoms with Crippen LogP contribution in [0.2, 0.25) is 0 Å². The molecule has 1 aromatic rings. The first-order valence-electron chi connectivity index (χ1n) is 9.46. The topological polar surface area (TPSA) is 91.2 Å². The van der Waals surface area contributed by atoms with Gasteiger partial charge in [-0.3, -0.25) is 14.5 Å². The van der Waals surface area contributed by atoms with Gasteiger partial charge in [-0.05, 0) is 18.2 Å². The number of rotatable bonds is 6. The zero-order valence-corrected chi connectivity index (χ0v) is 16.3. The van der Waals surface area contributed by atoms with Crippen molar-refractivity contribution in [3.8, 4) is 0 Å². The fraction of sp³-hybridized carbons (Fsp3) is 0.526. The number of nitrogens with zero attached hydrogens (tertiary/aromatic N) is 3. The summed E-state index contributed by atoms with van der Waals surface area (Å²) < 4.78 is 24.9. The maximum atomic E-state index is 14.8. The molecule has 1 N–H and O–H groups in total. The van der Waals surface area contributed by atoms with Gasteiger partial charge in [0.05, 0.1) is 36.5 Å². The number of nitrogens with one attached hydrogen (secondary N) is 1. The quantitative estimate of drug-likeness (QED) is 0.685. The van der Waals surface area contributed by atoms with E-state index in [9.17, 15) is 18.8 Å². The number of methoxy groups -OCH3 is 1. The summed E-state index contributed by atoms with van der Waals surface area (Å²) in [7, 11) is 1.48. The van der Waals surface area contributed by atoms with Crippen LogP contribution in [0.1, 0.15) is 6.92 Å². The van der Waals surface area contributed by atoms with Crippen molar-refractivity contribution in [1.29, 1.82) is 0 Å². The van der Waals surface area contributed by atoms with Gasteiger partial charge in [-0.2, -0.15) is 0 Å². The Morgan fingerprint density at radius 1 is 1.28 bits per heavy atom. The first kappa shape index (κ1) is 19.4. The van der Waals surface area contributed by atoms with E-state index in [1.54, 1.807) is 17.0 Å². The second-order valence-electron chi connectivity index (χ2n) is 7.46. The second-order valence-corrected chi connectivity index (χ2v) is 7.46. The molecule has 3 aliphatic rings. The zero-order chi connectivity index (χ0) is 20.7. The van der Waals surface area contributed by atoms with Crippen LogP contribution in [-0.4, -0.2) is 80.9 Å². The van der Waals surface area contributed by atoms with Gasteiger partial charge in [0.2, 0.25) is 11.8 Å². The molecular formula is C19H23FN4O5. The van der Waals surface area contributed by atoms with Crippen molar-refractivity contribution in [1.82, 2.24) is 10.2 Å². The lowest BCUT2D eigenvalue weighted by atomic mass is 10.2. The van der Waals surface area contributed by atoms with Crippen LogP contribution in [0.15, 0.2) is 18.2 Å². The second kappa shape index (κ2) is 7.51. The van der Waals surface area contributed by atoms with Gasteiger partial charge in [0.25, 0.3) is 0 Å². The fourth-order valence-electron chi connectivity index (χ4n) is 4.06.